The maximum atomic E-state index is 6.12. The molecule has 0 aromatic heterocycles. The summed E-state index contributed by atoms with van der Waals surface area (Å²) in [5, 5.41) is 3.65. The molecule has 3 nitrogen and oxygen atoms in total. The Balaban J connectivity index is 2.16. The maximum Gasteiger partial charge on any atom is 0.166 e. The molecule has 0 aliphatic heterocycles. The maximum absolute atomic E-state index is 6.12. The molecule has 130 valence electrons. The number of ether oxygens (including phenoxy) is 2. The lowest BCUT2D eigenvalue weighted by atomic mass is 10.0. The van der Waals surface area contributed by atoms with E-state index in [0.29, 0.717) is 6.04 Å². The molecule has 0 radical (unpaired) electrons. The van der Waals surface area contributed by atoms with Gasteiger partial charge in [-0.05, 0) is 31.4 Å². The van der Waals surface area contributed by atoms with Crippen molar-refractivity contribution in [3.63, 3.8) is 0 Å². The molecule has 0 aliphatic rings. The monoisotopic (exact) mass is 327 g/mol. The summed E-state index contributed by atoms with van der Waals surface area (Å²) in [5.41, 5.74) is 2.44. The molecule has 0 saturated carbocycles. The van der Waals surface area contributed by atoms with Crippen molar-refractivity contribution in [3.05, 3.63) is 59.7 Å². The normalized spacial score (nSPS) is 13.3. The van der Waals surface area contributed by atoms with Crippen LogP contribution >= 0.6 is 0 Å². The van der Waals surface area contributed by atoms with Crippen LogP contribution in [-0.4, -0.2) is 13.2 Å². The highest BCUT2D eigenvalue weighted by Gasteiger charge is 2.15. The van der Waals surface area contributed by atoms with Gasteiger partial charge in [0.15, 0.2) is 11.5 Å². The Morgan fingerprint density at radius 2 is 1.71 bits per heavy atom. The first kappa shape index (κ1) is 18.3. The van der Waals surface area contributed by atoms with Gasteiger partial charge in [-0.25, -0.2) is 0 Å². The van der Waals surface area contributed by atoms with Gasteiger partial charge in [0.1, 0.15) is 0 Å². The van der Waals surface area contributed by atoms with Gasteiger partial charge in [-0.15, -0.1) is 0 Å². The van der Waals surface area contributed by atoms with Gasteiger partial charge >= 0.3 is 0 Å². The molecule has 2 rings (SSSR count). The number of hydrogen-bond acceptors (Lipinski definition) is 3. The van der Waals surface area contributed by atoms with Crippen LogP contribution in [0.2, 0.25) is 0 Å². The molecule has 0 aliphatic carbocycles. The summed E-state index contributed by atoms with van der Waals surface area (Å²) < 4.78 is 11.6. The summed E-state index contributed by atoms with van der Waals surface area (Å²) in [6.45, 7) is 7.16. The Morgan fingerprint density at radius 1 is 0.958 bits per heavy atom. The van der Waals surface area contributed by atoms with Crippen molar-refractivity contribution in [1.29, 1.82) is 0 Å². The van der Waals surface area contributed by atoms with Gasteiger partial charge < -0.3 is 14.8 Å². The lowest BCUT2D eigenvalue weighted by Gasteiger charge is -2.21. The third-order valence-electron chi connectivity index (χ3n) is 4.32. The molecule has 0 spiro atoms. The lowest BCUT2D eigenvalue weighted by Crippen LogP contribution is -2.21. The van der Waals surface area contributed by atoms with Crippen molar-refractivity contribution in [2.24, 2.45) is 0 Å². The van der Waals surface area contributed by atoms with E-state index < -0.39 is 0 Å². The predicted molar refractivity (Wildman–Crippen MR) is 99.7 cm³/mol. The Labute approximate surface area is 146 Å². The molecule has 2 unspecified atom stereocenters. The summed E-state index contributed by atoms with van der Waals surface area (Å²) in [6, 6.07) is 17.0. The highest BCUT2D eigenvalue weighted by molar-refractivity contribution is 5.46. The number of rotatable bonds is 9. The first-order valence-electron chi connectivity index (χ1n) is 8.80. The molecule has 3 heteroatoms. The molecule has 2 atom stereocenters. The smallest absolute Gasteiger partial charge is 0.166 e. The minimum Gasteiger partial charge on any atom is -0.493 e. The molecule has 0 amide bonds. The van der Waals surface area contributed by atoms with Gasteiger partial charge in [0.25, 0.3) is 0 Å². The standard InChI is InChI=1S/C21H29NO2/c1-5-16(3)24-21-18(13-10-14-20(21)23-4)15-22-19(6-2)17-11-8-7-9-12-17/h7-14,16,19,22H,5-6,15H2,1-4H3. The SMILES string of the molecule is CCC(C)Oc1c(CNC(CC)c2ccccc2)cccc1OC. The van der Waals surface area contributed by atoms with E-state index in [2.05, 4.69) is 62.5 Å². The molecular weight excluding hydrogens is 298 g/mol. The second-order valence-electron chi connectivity index (χ2n) is 6.04. The predicted octanol–water partition coefficient (Wildman–Crippen LogP) is 5.11. The zero-order chi connectivity index (χ0) is 17.4. The third-order valence-corrected chi connectivity index (χ3v) is 4.32. The van der Waals surface area contributed by atoms with E-state index in [1.165, 1.54) is 5.56 Å². The Hall–Kier alpha value is -2.00. The molecule has 24 heavy (non-hydrogen) atoms. The van der Waals surface area contributed by atoms with E-state index in [9.17, 15) is 0 Å². The highest BCUT2D eigenvalue weighted by Crippen LogP contribution is 2.33. The molecule has 0 saturated heterocycles. The minimum absolute atomic E-state index is 0.163. The first-order chi connectivity index (χ1) is 11.7. The number of hydrogen-bond donors (Lipinski definition) is 1. The topological polar surface area (TPSA) is 30.5 Å². The largest absolute Gasteiger partial charge is 0.493 e. The summed E-state index contributed by atoms with van der Waals surface area (Å²) in [5.74, 6) is 1.65. The van der Waals surface area contributed by atoms with Crippen molar-refractivity contribution in [3.8, 4) is 11.5 Å². The first-order valence-corrected chi connectivity index (χ1v) is 8.80. The zero-order valence-electron chi connectivity index (χ0n) is 15.2. The summed E-state index contributed by atoms with van der Waals surface area (Å²) in [6.07, 6.45) is 2.17. The summed E-state index contributed by atoms with van der Waals surface area (Å²) in [4.78, 5) is 0. The van der Waals surface area contributed by atoms with E-state index in [4.69, 9.17) is 9.47 Å². The Morgan fingerprint density at radius 3 is 2.33 bits per heavy atom. The van der Waals surface area contributed by atoms with Crippen molar-refractivity contribution < 1.29 is 9.47 Å². The van der Waals surface area contributed by atoms with Gasteiger partial charge in [-0.2, -0.15) is 0 Å². The summed E-state index contributed by atoms with van der Waals surface area (Å²) >= 11 is 0. The van der Waals surface area contributed by atoms with Crippen molar-refractivity contribution >= 4 is 0 Å². The fourth-order valence-electron chi connectivity index (χ4n) is 2.70. The van der Waals surface area contributed by atoms with Crippen LogP contribution in [0.5, 0.6) is 11.5 Å². The lowest BCUT2D eigenvalue weighted by molar-refractivity contribution is 0.205. The minimum atomic E-state index is 0.163. The zero-order valence-corrected chi connectivity index (χ0v) is 15.2. The van der Waals surface area contributed by atoms with Crippen LogP contribution < -0.4 is 14.8 Å². The number of benzene rings is 2. The van der Waals surface area contributed by atoms with E-state index in [0.717, 1.165) is 36.4 Å². The van der Waals surface area contributed by atoms with E-state index >= 15 is 0 Å². The molecule has 2 aromatic rings. The van der Waals surface area contributed by atoms with E-state index in [1.54, 1.807) is 7.11 Å². The van der Waals surface area contributed by atoms with Gasteiger partial charge in [0, 0.05) is 18.2 Å². The van der Waals surface area contributed by atoms with Gasteiger partial charge in [-0.1, -0.05) is 56.3 Å². The van der Waals surface area contributed by atoms with Gasteiger partial charge in [0.05, 0.1) is 13.2 Å². The second-order valence-corrected chi connectivity index (χ2v) is 6.04. The Bertz CT molecular complexity index is 612. The van der Waals surface area contributed by atoms with E-state index in [1.807, 2.05) is 12.1 Å². The van der Waals surface area contributed by atoms with Crippen LogP contribution in [0.3, 0.4) is 0 Å². The molecule has 1 N–H and O–H groups in total. The third kappa shape index (κ3) is 4.75. The average molecular weight is 327 g/mol. The average Bonchev–Trinajstić information content (AvgIpc) is 2.64. The number of methoxy groups -OCH3 is 1. The molecule has 0 fully saturated rings. The quantitative estimate of drug-likeness (QED) is 0.694. The van der Waals surface area contributed by atoms with Crippen LogP contribution in [0.15, 0.2) is 48.5 Å². The van der Waals surface area contributed by atoms with Crippen LogP contribution in [0, 0.1) is 0 Å². The van der Waals surface area contributed by atoms with Crippen LogP contribution in [0.25, 0.3) is 0 Å². The van der Waals surface area contributed by atoms with Crippen LogP contribution in [0.1, 0.15) is 50.8 Å². The van der Waals surface area contributed by atoms with Crippen LogP contribution in [0.4, 0.5) is 0 Å². The number of para-hydroxylation sites is 1. The second kappa shape index (κ2) is 9.33. The van der Waals surface area contributed by atoms with Crippen molar-refractivity contribution in [2.75, 3.05) is 7.11 Å². The number of nitrogens with one attached hydrogen (secondary N) is 1. The van der Waals surface area contributed by atoms with Crippen molar-refractivity contribution in [1.82, 2.24) is 5.32 Å². The van der Waals surface area contributed by atoms with Gasteiger partial charge in [-0.3, -0.25) is 0 Å². The van der Waals surface area contributed by atoms with Gasteiger partial charge in [0.2, 0.25) is 0 Å². The summed E-state index contributed by atoms with van der Waals surface area (Å²) in [7, 11) is 1.69. The van der Waals surface area contributed by atoms with E-state index in [-0.39, 0.29) is 6.10 Å². The fourth-order valence-corrected chi connectivity index (χ4v) is 2.70. The fraction of sp³-hybridized carbons (Fsp3) is 0.429. The van der Waals surface area contributed by atoms with Crippen LogP contribution in [-0.2, 0) is 6.54 Å². The molecular formula is C21H29NO2. The molecule has 0 heterocycles. The highest BCUT2D eigenvalue weighted by atomic mass is 16.5. The molecule has 2 aromatic carbocycles. The van der Waals surface area contributed by atoms with Crippen molar-refractivity contribution in [2.45, 2.75) is 52.3 Å². The molecule has 0 bridgehead atoms. The Kier molecular flexibility index (Phi) is 7.13.